The Labute approximate surface area is 223 Å². The molecule has 2 aromatic rings. The second-order valence-electron chi connectivity index (χ2n) is 10.1. The van der Waals surface area contributed by atoms with Crippen molar-refractivity contribution in [1.82, 2.24) is 0 Å². The van der Waals surface area contributed by atoms with Gasteiger partial charge in [0.1, 0.15) is 17.6 Å². The number of ether oxygens (including phenoxy) is 4. The molecule has 1 heterocycles. The number of hydrogen-bond donors (Lipinski definition) is 0. The van der Waals surface area contributed by atoms with E-state index in [1.54, 1.807) is 12.1 Å². The zero-order chi connectivity index (χ0) is 26.1. The third-order valence-electron chi connectivity index (χ3n) is 6.79. The molecule has 1 fully saturated rings. The number of esters is 1. The van der Waals surface area contributed by atoms with E-state index in [4.69, 9.17) is 18.9 Å². The lowest BCUT2D eigenvalue weighted by atomic mass is 10.1. The largest absolute Gasteiger partial charge is 0.494 e. The second kappa shape index (κ2) is 17.2. The van der Waals surface area contributed by atoms with Gasteiger partial charge in [-0.05, 0) is 67.6 Å². The maximum absolute atomic E-state index is 12.5. The summed E-state index contributed by atoms with van der Waals surface area (Å²) in [4.78, 5) is 12.5. The van der Waals surface area contributed by atoms with Crippen LogP contribution in [0.15, 0.2) is 48.5 Å². The molecule has 0 spiro atoms. The van der Waals surface area contributed by atoms with Gasteiger partial charge in [0.05, 0.1) is 24.9 Å². The molecule has 2 atom stereocenters. The number of carbonyl (C=O) groups excluding carboxylic acids is 1. The van der Waals surface area contributed by atoms with Gasteiger partial charge in [0.15, 0.2) is 0 Å². The van der Waals surface area contributed by atoms with E-state index in [1.807, 2.05) is 36.4 Å². The molecule has 204 valence electrons. The lowest BCUT2D eigenvalue weighted by Crippen LogP contribution is -2.08. The van der Waals surface area contributed by atoms with E-state index >= 15 is 0 Å². The van der Waals surface area contributed by atoms with Crippen molar-refractivity contribution >= 4 is 5.97 Å². The van der Waals surface area contributed by atoms with Crippen molar-refractivity contribution in [3.05, 3.63) is 59.7 Å². The first-order chi connectivity index (χ1) is 18.2. The maximum Gasteiger partial charge on any atom is 0.343 e. The number of unbranched alkanes of at least 4 members (excludes halogenated alkanes) is 7. The summed E-state index contributed by atoms with van der Waals surface area (Å²) in [5, 5.41) is 0. The van der Waals surface area contributed by atoms with Crippen molar-refractivity contribution in [1.29, 1.82) is 0 Å². The SMILES string of the molecule is CCCCCCCCCCOc1ccc(C(=O)Oc2ccc(CCCOC[C@@H]3O[C@H]3CCC)cc2)cc1. The highest BCUT2D eigenvalue weighted by Crippen LogP contribution is 2.26. The first-order valence-corrected chi connectivity index (χ1v) is 14.5. The fraction of sp³-hybridized carbons (Fsp3) is 0.594. The van der Waals surface area contributed by atoms with Crippen LogP contribution in [-0.2, 0) is 15.9 Å². The normalized spacial score (nSPS) is 16.5. The summed E-state index contributed by atoms with van der Waals surface area (Å²) in [7, 11) is 0. The highest BCUT2D eigenvalue weighted by Gasteiger charge is 2.37. The van der Waals surface area contributed by atoms with Crippen molar-refractivity contribution in [3.63, 3.8) is 0 Å². The van der Waals surface area contributed by atoms with Gasteiger partial charge in [-0.1, -0.05) is 77.3 Å². The van der Waals surface area contributed by atoms with Crippen LogP contribution in [0, 0.1) is 0 Å². The van der Waals surface area contributed by atoms with Gasteiger partial charge in [-0.2, -0.15) is 0 Å². The molecule has 0 bridgehead atoms. The summed E-state index contributed by atoms with van der Waals surface area (Å²) < 4.78 is 22.7. The van der Waals surface area contributed by atoms with Gasteiger partial charge < -0.3 is 18.9 Å². The summed E-state index contributed by atoms with van der Waals surface area (Å²) in [5.41, 5.74) is 1.72. The Morgan fingerprint density at radius 1 is 0.730 bits per heavy atom. The lowest BCUT2D eigenvalue weighted by Gasteiger charge is -2.08. The quantitative estimate of drug-likeness (QED) is 0.0783. The van der Waals surface area contributed by atoms with Crippen LogP contribution in [-0.4, -0.2) is 38.0 Å². The van der Waals surface area contributed by atoms with E-state index in [0.29, 0.717) is 36.7 Å². The molecule has 0 amide bonds. The van der Waals surface area contributed by atoms with E-state index in [2.05, 4.69) is 13.8 Å². The molecule has 0 radical (unpaired) electrons. The Bertz CT molecular complexity index is 877. The zero-order valence-electron chi connectivity index (χ0n) is 22.9. The predicted molar refractivity (Wildman–Crippen MR) is 149 cm³/mol. The highest BCUT2D eigenvalue weighted by molar-refractivity contribution is 5.91. The molecule has 0 saturated carbocycles. The Kier molecular flexibility index (Phi) is 13.6. The highest BCUT2D eigenvalue weighted by atomic mass is 16.6. The van der Waals surface area contributed by atoms with E-state index in [-0.39, 0.29) is 5.97 Å². The number of rotatable bonds is 20. The van der Waals surface area contributed by atoms with Gasteiger partial charge in [0.25, 0.3) is 0 Å². The maximum atomic E-state index is 12.5. The lowest BCUT2D eigenvalue weighted by molar-refractivity contribution is 0.0734. The number of aryl methyl sites for hydroxylation is 1. The van der Waals surface area contributed by atoms with E-state index in [0.717, 1.165) is 44.5 Å². The fourth-order valence-electron chi connectivity index (χ4n) is 4.45. The van der Waals surface area contributed by atoms with Crippen LogP contribution in [0.2, 0.25) is 0 Å². The minimum absolute atomic E-state index is 0.303. The van der Waals surface area contributed by atoms with Gasteiger partial charge in [0.2, 0.25) is 0 Å². The first kappa shape index (κ1) is 29.2. The van der Waals surface area contributed by atoms with Crippen molar-refractivity contribution in [2.45, 2.75) is 103 Å². The molecule has 5 nitrogen and oxygen atoms in total. The minimum atomic E-state index is -0.362. The Morgan fingerprint density at radius 3 is 2.11 bits per heavy atom. The standard InChI is InChI=1S/C32H46O5/c1-3-5-6-7-8-9-10-11-24-35-28-21-17-27(18-22-28)32(33)36-29-19-15-26(16-20-29)14-12-23-34-25-31-30(37-31)13-4-2/h15-22,30-31H,3-14,23-25H2,1-2H3/t30-,31-/m0/s1. The Balaban J connectivity index is 1.26. The third-order valence-corrected chi connectivity index (χ3v) is 6.79. The predicted octanol–water partition coefficient (Wildman–Crippen LogP) is 7.94. The van der Waals surface area contributed by atoms with E-state index in [1.165, 1.54) is 50.5 Å². The molecule has 5 heteroatoms. The molecule has 0 aliphatic carbocycles. The molecule has 1 aliphatic rings. The van der Waals surface area contributed by atoms with Crippen LogP contribution in [0.5, 0.6) is 11.5 Å². The van der Waals surface area contributed by atoms with E-state index < -0.39 is 0 Å². The van der Waals surface area contributed by atoms with Gasteiger partial charge in [-0.25, -0.2) is 4.79 Å². The first-order valence-electron chi connectivity index (χ1n) is 14.5. The Hall–Kier alpha value is -2.37. The summed E-state index contributed by atoms with van der Waals surface area (Å²) >= 11 is 0. The van der Waals surface area contributed by atoms with Crippen molar-refractivity contribution in [3.8, 4) is 11.5 Å². The fourth-order valence-corrected chi connectivity index (χ4v) is 4.45. The molecule has 0 aromatic heterocycles. The molecule has 1 saturated heterocycles. The summed E-state index contributed by atoms with van der Waals surface area (Å²) in [6.45, 7) is 6.57. The summed E-state index contributed by atoms with van der Waals surface area (Å²) in [6.07, 6.45) is 15.1. The van der Waals surface area contributed by atoms with Crippen LogP contribution in [0.4, 0.5) is 0 Å². The van der Waals surface area contributed by atoms with Crippen LogP contribution in [0.25, 0.3) is 0 Å². The van der Waals surface area contributed by atoms with Gasteiger partial charge in [0, 0.05) is 6.61 Å². The van der Waals surface area contributed by atoms with Crippen LogP contribution in [0.1, 0.15) is 100 Å². The summed E-state index contributed by atoms with van der Waals surface area (Å²) in [6, 6.07) is 14.9. The average Bonchev–Trinajstić information content (AvgIpc) is 3.66. The topological polar surface area (TPSA) is 57.3 Å². The van der Waals surface area contributed by atoms with Crippen LogP contribution >= 0.6 is 0 Å². The van der Waals surface area contributed by atoms with Gasteiger partial charge in [-0.15, -0.1) is 0 Å². The minimum Gasteiger partial charge on any atom is -0.494 e. The monoisotopic (exact) mass is 510 g/mol. The molecule has 37 heavy (non-hydrogen) atoms. The molecule has 2 aromatic carbocycles. The smallest absolute Gasteiger partial charge is 0.343 e. The van der Waals surface area contributed by atoms with Gasteiger partial charge >= 0.3 is 5.97 Å². The second-order valence-corrected chi connectivity index (χ2v) is 10.1. The number of epoxide rings is 1. The molecule has 0 unspecified atom stereocenters. The Morgan fingerprint density at radius 2 is 1.41 bits per heavy atom. The van der Waals surface area contributed by atoms with E-state index in [9.17, 15) is 4.79 Å². The molecular formula is C32H46O5. The van der Waals surface area contributed by atoms with Crippen molar-refractivity contribution in [2.24, 2.45) is 0 Å². The summed E-state index contributed by atoms with van der Waals surface area (Å²) in [5.74, 6) is 0.977. The van der Waals surface area contributed by atoms with Gasteiger partial charge in [-0.3, -0.25) is 0 Å². The van der Waals surface area contributed by atoms with Crippen LogP contribution < -0.4 is 9.47 Å². The zero-order valence-corrected chi connectivity index (χ0v) is 22.9. The number of benzene rings is 2. The number of carbonyl (C=O) groups is 1. The third kappa shape index (κ3) is 11.7. The molecular weight excluding hydrogens is 464 g/mol. The van der Waals surface area contributed by atoms with Crippen molar-refractivity contribution < 1.29 is 23.7 Å². The van der Waals surface area contributed by atoms with Crippen molar-refractivity contribution in [2.75, 3.05) is 19.8 Å². The molecule has 0 N–H and O–H groups in total. The average molecular weight is 511 g/mol. The molecule has 1 aliphatic heterocycles. The van der Waals surface area contributed by atoms with Crippen LogP contribution in [0.3, 0.4) is 0 Å². The number of hydrogen-bond acceptors (Lipinski definition) is 5. The molecule has 3 rings (SSSR count).